The van der Waals surface area contributed by atoms with Gasteiger partial charge in [0.15, 0.2) is 0 Å². The molecule has 0 aromatic carbocycles. The molecule has 0 atom stereocenters. The van der Waals surface area contributed by atoms with Gasteiger partial charge in [0, 0.05) is 20.2 Å². The minimum absolute atomic E-state index is 0.235. The van der Waals surface area contributed by atoms with E-state index >= 15 is 0 Å². The molecule has 1 amide bonds. The Balaban J connectivity index is 3.90. The number of hydrogen-bond donors (Lipinski definition) is 0. The quantitative estimate of drug-likeness (QED) is 0.591. The average Bonchev–Trinajstić information content (AvgIpc) is 2.26. The highest BCUT2D eigenvalue weighted by Gasteiger charge is 2.11. The lowest BCUT2D eigenvalue weighted by atomic mass is 10.2. The van der Waals surface area contributed by atoms with E-state index in [9.17, 15) is 4.79 Å². The number of nitrogens with zero attached hydrogens (tertiary/aromatic N) is 1. The third-order valence-electron chi connectivity index (χ3n) is 2.44. The largest absolute Gasteiger partial charge is 0.384 e. The molecule has 0 radical (unpaired) electrons. The normalized spacial score (nSPS) is 10.3. The van der Waals surface area contributed by atoms with Crippen molar-refractivity contribution < 1.29 is 9.53 Å². The third-order valence-corrected chi connectivity index (χ3v) is 2.44. The molecule has 15 heavy (non-hydrogen) atoms. The molecule has 0 aromatic rings. The molecule has 0 fully saturated rings. The molecule has 0 bridgehead atoms. The predicted molar refractivity (Wildman–Crippen MR) is 62.9 cm³/mol. The summed E-state index contributed by atoms with van der Waals surface area (Å²) in [7, 11) is 1.63. The molecule has 0 N–H and O–H groups in total. The van der Waals surface area contributed by atoms with Crippen molar-refractivity contribution in [3.8, 4) is 0 Å². The van der Waals surface area contributed by atoms with Gasteiger partial charge in [-0.05, 0) is 12.8 Å². The Kier molecular flexibility index (Phi) is 9.59. The molecule has 0 aliphatic heterocycles. The van der Waals surface area contributed by atoms with Crippen molar-refractivity contribution >= 4 is 5.91 Å². The van der Waals surface area contributed by atoms with Gasteiger partial charge in [0.2, 0.25) is 5.91 Å². The van der Waals surface area contributed by atoms with E-state index in [-0.39, 0.29) is 5.91 Å². The zero-order valence-electron chi connectivity index (χ0n) is 10.4. The number of carbonyl (C=O) groups excluding carboxylic acids is 1. The van der Waals surface area contributed by atoms with E-state index in [1.165, 1.54) is 0 Å². The standard InChI is InChI=1S/C12H25NO2/c1-4-6-9-13(10-7-5-2)12(14)8-11-15-3/h4-11H2,1-3H3. The lowest BCUT2D eigenvalue weighted by Crippen LogP contribution is -2.33. The summed E-state index contributed by atoms with van der Waals surface area (Å²) in [6.07, 6.45) is 5.00. The first-order valence-electron chi connectivity index (χ1n) is 6.02. The van der Waals surface area contributed by atoms with Gasteiger partial charge in [-0.2, -0.15) is 0 Å². The van der Waals surface area contributed by atoms with Crippen LogP contribution >= 0.6 is 0 Å². The first-order valence-corrected chi connectivity index (χ1v) is 6.02. The SMILES string of the molecule is CCCCN(CCCC)C(=O)CCOC. The topological polar surface area (TPSA) is 29.5 Å². The summed E-state index contributed by atoms with van der Waals surface area (Å²) in [5, 5.41) is 0. The van der Waals surface area contributed by atoms with Crippen molar-refractivity contribution in [2.45, 2.75) is 46.0 Å². The van der Waals surface area contributed by atoms with E-state index in [1.54, 1.807) is 7.11 Å². The van der Waals surface area contributed by atoms with Crippen LogP contribution in [-0.4, -0.2) is 37.6 Å². The van der Waals surface area contributed by atoms with E-state index in [2.05, 4.69) is 13.8 Å². The number of unbranched alkanes of at least 4 members (excludes halogenated alkanes) is 2. The molecule has 0 aliphatic rings. The zero-order valence-corrected chi connectivity index (χ0v) is 10.4. The molecule has 90 valence electrons. The fraction of sp³-hybridized carbons (Fsp3) is 0.917. The summed E-state index contributed by atoms with van der Waals surface area (Å²) in [5.41, 5.74) is 0. The Morgan fingerprint density at radius 1 is 1.13 bits per heavy atom. The van der Waals surface area contributed by atoms with Crippen LogP contribution in [0.2, 0.25) is 0 Å². The number of rotatable bonds is 9. The van der Waals surface area contributed by atoms with Gasteiger partial charge >= 0.3 is 0 Å². The molecule has 0 aliphatic carbocycles. The monoisotopic (exact) mass is 215 g/mol. The van der Waals surface area contributed by atoms with E-state index in [1.807, 2.05) is 4.90 Å². The van der Waals surface area contributed by atoms with E-state index in [4.69, 9.17) is 4.74 Å². The van der Waals surface area contributed by atoms with Gasteiger partial charge in [0.25, 0.3) is 0 Å². The van der Waals surface area contributed by atoms with E-state index in [0.717, 1.165) is 38.8 Å². The summed E-state index contributed by atoms with van der Waals surface area (Å²) in [5.74, 6) is 0.235. The van der Waals surface area contributed by atoms with Crippen molar-refractivity contribution in [2.24, 2.45) is 0 Å². The summed E-state index contributed by atoms with van der Waals surface area (Å²) in [6, 6.07) is 0. The van der Waals surface area contributed by atoms with Gasteiger partial charge < -0.3 is 9.64 Å². The van der Waals surface area contributed by atoms with Gasteiger partial charge in [0.1, 0.15) is 0 Å². The van der Waals surface area contributed by atoms with Crippen LogP contribution in [0.4, 0.5) is 0 Å². The fourth-order valence-corrected chi connectivity index (χ4v) is 1.41. The van der Waals surface area contributed by atoms with Crippen molar-refractivity contribution in [1.29, 1.82) is 0 Å². The molecule has 0 spiro atoms. The Labute approximate surface area is 93.8 Å². The van der Waals surface area contributed by atoms with Crippen LogP contribution in [0.5, 0.6) is 0 Å². The molecule has 0 saturated carbocycles. The minimum atomic E-state index is 0.235. The Morgan fingerprint density at radius 2 is 1.67 bits per heavy atom. The van der Waals surface area contributed by atoms with Crippen LogP contribution in [0, 0.1) is 0 Å². The minimum Gasteiger partial charge on any atom is -0.384 e. The highest BCUT2D eigenvalue weighted by molar-refractivity contribution is 5.76. The molecule has 0 saturated heterocycles. The average molecular weight is 215 g/mol. The van der Waals surface area contributed by atoms with E-state index < -0.39 is 0 Å². The smallest absolute Gasteiger partial charge is 0.224 e. The van der Waals surface area contributed by atoms with Gasteiger partial charge in [-0.3, -0.25) is 4.79 Å². The molecular formula is C12H25NO2. The number of amides is 1. The fourth-order valence-electron chi connectivity index (χ4n) is 1.41. The lowest BCUT2D eigenvalue weighted by Gasteiger charge is -2.22. The van der Waals surface area contributed by atoms with Crippen molar-refractivity contribution in [1.82, 2.24) is 4.90 Å². The van der Waals surface area contributed by atoms with Crippen molar-refractivity contribution in [3.63, 3.8) is 0 Å². The van der Waals surface area contributed by atoms with Gasteiger partial charge in [-0.25, -0.2) is 0 Å². The molecule has 0 rings (SSSR count). The molecule has 0 unspecified atom stereocenters. The van der Waals surface area contributed by atoms with Crippen LogP contribution in [0.3, 0.4) is 0 Å². The Morgan fingerprint density at radius 3 is 2.07 bits per heavy atom. The third kappa shape index (κ3) is 7.37. The maximum atomic E-state index is 11.8. The predicted octanol–water partition coefficient (Wildman–Crippen LogP) is 2.45. The number of carbonyl (C=O) groups is 1. The Bertz CT molecular complexity index is 152. The zero-order chi connectivity index (χ0) is 11.5. The molecule has 0 aromatic heterocycles. The maximum Gasteiger partial charge on any atom is 0.224 e. The molecule has 0 heterocycles. The summed E-state index contributed by atoms with van der Waals surface area (Å²) >= 11 is 0. The van der Waals surface area contributed by atoms with Gasteiger partial charge in [-0.1, -0.05) is 26.7 Å². The summed E-state index contributed by atoms with van der Waals surface area (Å²) < 4.78 is 4.92. The first-order chi connectivity index (χ1) is 7.26. The molecule has 3 heteroatoms. The van der Waals surface area contributed by atoms with Crippen LogP contribution < -0.4 is 0 Å². The number of hydrogen-bond acceptors (Lipinski definition) is 2. The molecule has 3 nitrogen and oxygen atoms in total. The van der Waals surface area contributed by atoms with E-state index in [0.29, 0.717) is 13.0 Å². The van der Waals surface area contributed by atoms with Gasteiger partial charge in [-0.15, -0.1) is 0 Å². The first kappa shape index (κ1) is 14.4. The van der Waals surface area contributed by atoms with Crippen molar-refractivity contribution in [3.05, 3.63) is 0 Å². The second-order valence-corrected chi connectivity index (χ2v) is 3.83. The van der Waals surface area contributed by atoms with Crippen LogP contribution in [0.15, 0.2) is 0 Å². The van der Waals surface area contributed by atoms with Crippen LogP contribution in [0.25, 0.3) is 0 Å². The lowest BCUT2D eigenvalue weighted by molar-refractivity contribution is -0.132. The summed E-state index contributed by atoms with van der Waals surface area (Å²) in [4.78, 5) is 13.7. The number of methoxy groups -OCH3 is 1. The highest BCUT2D eigenvalue weighted by Crippen LogP contribution is 2.02. The summed E-state index contributed by atoms with van der Waals surface area (Å²) in [6.45, 7) is 6.64. The van der Waals surface area contributed by atoms with Crippen molar-refractivity contribution in [2.75, 3.05) is 26.8 Å². The highest BCUT2D eigenvalue weighted by atomic mass is 16.5. The number of ether oxygens (including phenoxy) is 1. The maximum absolute atomic E-state index is 11.8. The second-order valence-electron chi connectivity index (χ2n) is 3.83. The second kappa shape index (κ2) is 9.97. The Hall–Kier alpha value is -0.570. The van der Waals surface area contributed by atoms with Crippen LogP contribution in [-0.2, 0) is 9.53 Å². The van der Waals surface area contributed by atoms with Gasteiger partial charge in [0.05, 0.1) is 13.0 Å². The molecular weight excluding hydrogens is 190 g/mol. The van der Waals surface area contributed by atoms with Crippen LogP contribution in [0.1, 0.15) is 46.0 Å².